The van der Waals surface area contributed by atoms with Gasteiger partial charge >= 0.3 is 0 Å². The molecule has 0 spiro atoms. The average molecular weight is 360 g/mol. The van der Waals surface area contributed by atoms with Crippen LogP contribution in [0.4, 0.5) is 5.69 Å². The number of carbonyl (C=O) groups is 1. The maximum Gasteiger partial charge on any atom is 0.242 e. The summed E-state index contributed by atoms with van der Waals surface area (Å²) in [5, 5.41) is 2.82. The van der Waals surface area contributed by atoms with Crippen LogP contribution in [-0.4, -0.2) is 20.4 Å². The van der Waals surface area contributed by atoms with Gasteiger partial charge in [0.25, 0.3) is 0 Å². The van der Waals surface area contributed by atoms with Crippen molar-refractivity contribution in [2.45, 2.75) is 45.6 Å². The number of benzene rings is 2. The minimum absolute atomic E-state index is 0.139. The Morgan fingerprint density at radius 1 is 0.920 bits per heavy atom. The molecule has 2 aromatic carbocycles. The lowest BCUT2D eigenvalue weighted by atomic mass is 10.0. The molecular formula is C19H24N2O3S. The fourth-order valence-electron chi connectivity index (χ4n) is 2.68. The maximum atomic E-state index is 12.4. The number of amides is 1. The third kappa shape index (κ3) is 4.67. The Morgan fingerprint density at radius 2 is 1.44 bits per heavy atom. The van der Waals surface area contributed by atoms with Crippen LogP contribution in [0, 0.1) is 27.7 Å². The topological polar surface area (TPSA) is 75.3 Å². The Morgan fingerprint density at radius 3 is 1.96 bits per heavy atom. The molecule has 2 N–H and O–H groups in total. The molecule has 25 heavy (non-hydrogen) atoms. The van der Waals surface area contributed by atoms with E-state index in [4.69, 9.17) is 0 Å². The van der Waals surface area contributed by atoms with Crippen molar-refractivity contribution in [2.24, 2.45) is 0 Å². The van der Waals surface area contributed by atoms with Crippen molar-refractivity contribution in [3.63, 3.8) is 0 Å². The van der Waals surface area contributed by atoms with E-state index in [1.54, 1.807) is 12.1 Å². The normalized spacial score (nSPS) is 12.7. The zero-order valence-corrected chi connectivity index (χ0v) is 16.0. The number of anilines is 1. The highest BCUT2D eigenvalue weighted by molar-refractivity contribution is 7.89. The van der Waals surface area contributed by atoms with Crippen LogP contribution in [0.25, 0.3) is 0 Å². The van der Waals surface area contributed by atoms with E-state index in [2.05, 4.69) is 10.0 Å². The molecule has 2 rings (SSSR count). The van der Waals surface area contributed by atoms with Crippen molar-refractivity contribution >= 4 is 21.6 Å². The Hall–Kier alpha value is -2.18. The number of nitrogens with one attached hydrogen (secondary N) is 2. The number of sulfonamides is 1. The largest absolute Gasteiger partial charge is 0.324 e. The first-order chi connectivity index (χ1) is 11.6. The second-order valence-corrected chi connectivity index (χ2v) is 8.13. The minimum atomic E-state index is -3.75. The molecule has 0 aliphatic carbocycles. The molecule has 1 unspecified atom stereocenters. The van der Waals surface area contributed by atoms with Crippen LogP contribution in [0.15, 0.2) is 41.3 Å². The molecule has 0 radical (unpaired) electrons. The fraction of sp³-hybridized carbons (Fsp3) is 0.316. The lowest BCUT2D eigenvalue weighted by Gasteiger charge is -2.17. The Kier molecular flexibility index (Phi) is 5.65. The quantitative estimate of drug-likeness (QED) is 0.860. The summed E-state index contributed by atoms with van der Waals surface area (Å²) in [6.07, 6.45) is 0. The van der Waals surface area contributed by atoms with Crippen LogP contribution in [-0.2, 0) is 14.8 Å². The van der Waals surface area contributed by atoms with Gasteiger partial charge in [0.15, 0.2) is 0 Å². The smallest absolute Gasteiger partial charge is 0.242 e. The standard InChI is InChI=1S/C19H24N2O3S/c1-12-6-8-17(9-7-12)25(23,24)21-16(5)19(22)20-18-14(3)10-13(2)11-15(18)4/h6-11,16,21H,1-5H3,(H,20,22). The summed E-state index contributed by atoms with van der Waals surface area (Å²) in [5.41, 5.74) is 4.69. The van der Waals surface area contributed by atoms with E-state index in [1.807, 2.05) is 39.8 Å². The SMILES string of the molecule is Cc1ccc(S(=O)(=O)NC(C)C(=O)Nc2c(C)cc(C)cc2C)cc1. The summed E-state index contributed by atoms with van der Waals surface area (Å²) in [5.74, 6) is -0.397. The van der Waals surface area contributed by atoms with Crippen LogP contribution in [0.1, 0.15) is 29.2 Å². The molecule has 0 aliphatic heterocycles. The van der Waals surface area contributed by atoms with Gasteiger partial charge < -0.3 is 5.32 Å². The monoisotopic (exact) mass is 360 g/mol. The van der Waals surface area contributed by atoms with E-state index in [-0.39, 0.29) is 4.90 Å². The van der Waals surface area contributed by atoms with Gasteiger partial charge in [-0.15, -0.1) is 0 Å². The molecule has 1 amide bonds. The Bertz CT molecular complexity index is 864. The summed E-state index contributed by atoms with van der Waals surface area (Å²) in [6, 6.07) is 9.54. The molecule has 0 fully saturated rings. The van der Waals surface area contributed by atoms with Gasteiger partial charge in [0.1, 0.15) is 0 Å². The van der Waals surface area contributed by atoms with Gasteiger partial charge in [0.05, 0.1) is 10.9 Å². The highest BCUT2D eigenvalue weighted by Gasteiger charge is 2.22. The summed E-state index contributed by atoms with van der Waals surface area (Å²) in [6.45, 7) is 9.23. The summed E-state index contributed by atoms with van der Waals surface area (Å²) >= 11 is 0. The summed E-state index contributed by atoms with van der Waals surface area (Å²) in [4.78, 5) is 12.6. The lowest BCUT2D eigenvalue weighted by molar-refractivity contribution is -0.117. The van der Waals surface area contributed by atoms with Crippen molar-refractivity contribution < 1.29 is 13.2 Å². The third-order valence-electron chi connectivity index (χ3n) is 3.98. The van der Waals surface area contributed by atoms with Crippen LogP contribution in [0.2, 0.25) is 0 Å². The Balaban J connectivity index is 2.14. The van der Waals surface area contributed by atoms with Crippen molar-refractivity contribution in [1.29, 1.82) is 0 Å². The first-order valence-corrected chi connectivity index (χ1v) is 9.56. The molecule has 1 atom stereocenters. The molecule has 6 heteroatoms. The number of aryl methyl sites for hydroxylation is 4. The predicted molar refractivity (Wildman–Crippen MR) is 100 cm³/mol. The number of rotatable bonds is 5. The molecule has 0 saturated carbocycles. The second-order valence-electron chi connectivity index (χ2n) is 6.42. The molecule has 0 heterocycles. The van der Waals surface area contributed by atoms with E-state index >= 15 is 0 Å². The highest BCUT2D eigenvalue weighted by atomic mass is 32.2. The second kappa shape index (κ2) is 7.37. The first-order valence-electron chi connectivity index (χ1n) is 8.08. The highest BCUT2D eigenvalue weighted by Crippen LogP contribution is 2.22. The van der Waals surface area contributed by atoms with Crippen LogP contribution in [0.5, 0.6) is 0 Å². The van der Waals surface area contributed by atoms with Crippen molar-refractivity contribution in [3.05, 3.63) is 58.7 Å². The van der Waals surface area contributed by atoms with E-state index < -0.39 is 22.0 Å². The van der Waals surface area contributed by atoms with Gasteiger partial charge in [0, 0.05) is 5.69 Å². The molecule has 0 saturated heterocycles. The molecular weight excluding hydrogens is 336 g/mol. The van der Waals surface area contributed by atoms with E-state index in [1.165, 1.54) is 19.1 Å². The van der Waals surface area contributed by atoms with Gasteiger partial charge in [-0.1, -0.05) is 35.4 Å². The number of hydrogen-bond donors (Lipinski definition) is 2. The molecule has 5 nitrogen and oxygen atoms in total. The van der Waals surface area contributed by atoms with Gasteiger partial charge in [-0.05, 0) is 57.9 Å². The molecule has 0 bridgehead atoms. The van der Waals surface area contributed by atoms with Crippen LogP contribution >= 0.6 is 0 Å². The molecule has 0 aliphatic rings. The van der Waals surface area contributed by atoms with Gasteiger partial charge in [-0.3, -0.25) is 4.79 Å². The first kappa shape index (κ1) is 19.1. The lowest BCUT2D eigenvalue weighted by Crippen LogP contribution is -2.41. The summed E-state index contributed by atoms with van der Waals surface area (Å²) in [7, 11) is -3.75. The average Bonchev–Trinajstić information content (AvgIpc) is 2.50. The van der Waals surface area contributed by atoms with Crippen LogP contribution < -0.4 is 10.0 Å². The Labute approximate surface area is 149 Å². The van der Waals surface area contributed by atoms with Crippen LogP contribution in [0.3, 0.4) is 0 Å². The van der Waals surface area contributed by atoms with E-state index in [0.717, 1.165) is 27.9 Å². The minimum Gasteiger partial charge on any atom is -0.324 e. The summed E-state index contributed by atoms with van der Waals surface area (Å²) < 4.78 is 27.2. The van der Waals surface area contributed by atoms with Crippen molar-refractivity contribution in [3.8, 4) is 0 Å². The predicted octanol–water partition coefficient (Wildman–Crippen LogP) is 3.23. The number of hydrogen-bond acceptors (Lipinski definition) is 3. The third-order valence-corrected chi connectivity index (χ3v) is 5.54. The van der Waals surface area contributed by atoms with Gasteiger partial charge in [-0.2, -0.15) is 4.72 Å². The fourth-order valence-corrected chi connectivity index (χ4v) is 3.88. The van der Waals surface area contributed by atoms with Crippen molar-refractivity contribution in [1.82, 2.24) is 4.72 Å². The van der Waals surface area contributed by atoms with Crippen molar-refractivity contribution in [2.75, 3.05) is 5.32 Å². The zero-order chi connectivity index (χ0) is 18.8. The molecule has 0 aromatic heterocycles. The number of carbonyl (C=O) groups excluding carboxylic acids is 1. The zero-order valence-electron chi connectivity index (χ0n) is 15.2. The van der Waals surface area contributed by atoms with E-state index in [0.29, 0.717) is 0 Å². The van der Waals surface area contributed by atoms with Gasteiger partial charge in [0.2, 0.25) is 15.9 Å². The molecule has 2 aromatic rings. The maximum absolute atomic E-state index is 12.4. The van der Waals surface area contributed by atoms with E-state index in [9.17, 15) is 13.2 Å². The molecule has 134 valence electrons. The van der Waals surface area contributed by atoms with Gasteiger partial charge in [-0.25, -0.2) is 8.42 Å².